The van der Waals surface area contributed by atoms with Crippen LogP contribution in [0.1, 0.15) is 17.3 Å². The van der Waals surface area contributed by atoms with Gasteiger partial charge in [-0.2, -0.15) is 0 Å². The van der Waals surface area contributed by atoms with Gasteiger partial charge in [0.15, 0.2) is 0 Å². The molecule has 0 amide bonds. The summed E-state index contributed by atoms with van der Waals surface area (Å²) in [6, 6.07) is 2.99. The Labute approximate surface area is 83.1 Å². The van der Waals surface area contributed by atoms with Gasteiger partial charge in [-0.3, -0.25) is 4.79 Å². The van der Waals surface area contributed by atoms with Gasteiger partial charge in [0.05, 0.1) is 11.2 Å². The number of aromatic nitrogens is 1. The van der Waals surface area contributed by atoms with Crippen molar-refractivity contribution >= 4 is 21.9 Å². The van der Waals surface area contributed by atoms with Crippen molar-refractivity contribution < 1.29 is 9.53 Å². The van der Waals surface area contributed by atoms with E-state index in [4.69, 9.17) is 0 Å². The Morgan fingerprint density at radius 3 is 2.85 bits per heavy atom. The van der Waals surface area contributed by atoms with Gasteiger partial charge in [-0.25, -0.2) is 4.79 Å². The Balaban J connectivity index is 3.02. The summed E-state index contributed by atoms with van der Waals surface area (Å²) in [5, 5.41) is 0. The van der Waals surface area contributed by atoms with Crippen LogP contribution in [0.5, 0.6) is 0 Å². The summed E-state index contributed by atoms with van der Waals surface area (Å²) in [7, 11) is 0. The highest BCUT2D eigenvalue weighted by molar-refractivity contribution is 9.10. The SMILES string of the molecule is CCOC(=O)c1ccc(Br)[nH]c1=O. The van der Waals surface area contributed by atoms with Gasteiger partial charge in [-0.1, -0.05) is 0 Å². The molecule has 1 heterocycles. The van der Waals surface area contributed by atoms with Crippen molar-refractivity contribution in [2.75, 3.05) is 6.61 Å². The Kier molecular flexibility index (Phi) is 3.25. The van der Waals surface area contributed by atoms with Gasteiger partial charge < -0.3 is 9.72 Å². The third-order valence-corrected chi connectivity index (χ3v) is 1.83. The topological polar surface area (TPSA) is 59.2 Å². The van der Waals surface area contributed by atoms with Gasteiger partial charge in [-0.05, 0) is 35.0 Å². The van der Waals surface area contributed by atoms with Crippen LogP contribution < -0.4 is 5.56 Å². The zero-order valence-electron chi connectivity index (χ0n) is 6.96. The van der Waals surface area contributed by atoms with Crippen molar-refractivity contribution in [2.45, 2.75) is 6.92 Å². The first-order chi connectivity index (χ1) is 6.15. The number of ether oxygens (including phenoxy) is 1. The lowest BCUT2D eigenvalue weighted by Crippen LogP contribution is -2.19. The fourth-order valence-corrected chi connectivity index (χ4v) is 1.13. The number of aromatic amines is 1. The molecule has 13 heavy (non-hydrogen) atoms. The third kappa shape index (κ3) is 2.42. The molecular weight excluding hydrogens is 238 g/mol. The second kappa shape index (κ2) is 4.23. The number of halogens is 1. The molecule has 1 N–H and O–H groups in total. The normalized spacial score (nSPS) is 9.69. The van der Waals surface area contributed by atoms with Crippen molar-refractivity contribution in [2.24, 2.45) is 0 Å². The van der Waals surface area contributed by atoms with E-state index in [1.54, 1.807) is 13.0 Å². The van der Waals surface area contributed by atoms with E-state index in [1.165, 1.54) is 6.07 Å². The monoisotopic (exact) mass is 245 g/mol. The Hall–Kier alpha value is -1.10. The average molecular weight is 246 g/mol. The molecule has 0 unspecified atom stereocenters. The summed E-state index contributed by atoms with van der Waals surface area (Å²) in [5.74, 6) is -0.601. The van der Waals surface area contributed by atoms with Gasteiger partial charge in [-0.15, -0.1) is 0 Å². The molecule has 0 aromatic carbocycles. The van der Waals surface area contributed by atoms with Gasteiger partial charge in [0.1, 0.15) is 5.56 Å². The second-order valence-electron chi connectivity index (χ2n) is 2.27. The smallest absolute Gasteiger partial charge is 0.343 e. The molecule has 0 saturated carbocycles. The summed E-state index contributed by atoms with van der Waals surface area (Å²) in [4.78, 5) is 24.7. The third-order valence-electron chi connectivity index (χ3n) is 1.37. The Bertz CT molecular complexity index is 372. The molecule has 1 aromatic heterocycles. The Morgan fingerprint density at radius 2 is 2.31 bits per heavy atom. The van der Waals surface area contributed by atoms with E-state index < -0.39 is 11.5 Å². The second-order valence-corrected chi connectivity index (χ2v) is 3.12. The first-order valence-corrected chi connectivity index (χ1v) is 4.50. The van der Waals surface area contributed by atoms with Gasteiger partial charge in [0, 0.05) is 0 Å². The fourth-order valence-electron chi connectivity index (χ4n) is 0.819. The summed E-state index contributed by atoms with van der Waals surface area (Å²) >= 11 is 3.08. The lowest BCUT2D eigenvalue weighted by Gasteiger charge is -1.99. The lowest BCUT2D eigenvalue weighted by molar-refractivity contribution is 0.0524. The molecular formula is C8H8BrNO3. The zero-order chi connectivity index (χ0) is 9.84. The Morgan fingerprint density at radius 1 is 1.62 bits per heavy atom. The van der Waals surface area contributed by atoms with E-state index in [-0.39, 0.29) is 12.2 Å². The van der Waals surface area contributed by atoms with Crippen molar-refractivity contribution in [3.8, 4) is 0 Å². The maximum atomic E-state index is 11.2. The predicted molar refractivity (Wildman–Crippen MR) is 50.7 cm³/mol. The van der Waals surface area contributed by atoms with E-state index >= 15 is 0 Å². The molecule has 0 spiro atoms. The molecule has 1 aromatic rings. The number of pyridine rings is 1. The molecule has 0 atom stereocenters. The number of esters is 1. The number of carbonyl (C=O) groups excluding carboxylic acids is 1. The molecule has 4 nitrogen and oxygen atoms in total. The molecule has 0 fully saturated rings. The van der Waals surface area contributed by atoms with Gasteiger partial charge in [0.2, 0.25) is 0 Å². The number of hydrogen-bond acceptors (Lipinski definition) is 3. The standard InChI is InChI=1S/C8H8BrNO3/c1-2-13-8(12)5-3-4-6(9)10-7(5)11/h3-4H,2H2,1H3,(H,10,11). The molecule has 0 aliphatic heterocycles. The van der Waals surface area contributed by atoms with Crippen LogP contribution in [0.3, 0.4) is 0 Å². The maximum Gasteiger partial charge on any atom is 0.343 e. The maximum absolute atomic E-state index is 11.2. The minimum absolute atomic E-state index is 0.0186. The van der Waals surface area contributed by atoms with Crippen molar-refractivity contribution in [1.29, 1.82) is 0 Å². The van der Waals surface area contributed by atoms with Crippen LogP contribution in [0.2, 0.25) is 0 Å². The largest absolute Gasteiger partial charge is 0.462 e. The number of rotatable bonds is 2. The first-order valence-electron chi connectivity index (χ1n) is 3.71. The highest BCUT2D eigenvalue weighted by Gasteiger charge is 2.10. The summed E-state index contributed by atoms with van der Waals surface area (Å²) in [6.07, 6.45) is 0. The van der Waals surface area contributed by atoms with Gasteiger partial charge >= 0.3 is 5.97 Å². The molecule has 0 bridgehead atoms. The number of hydrogen-bond donors (Lipinski definition) is 1. The number of nitrogens with one attached hydrogen (secondary N) is 1. The highest BCUT2D eigenvalue weighted by atomic mass is 79.9. The number of carbonyl (C=O) groups is 1. The van der Waals surface area contributed by atoms with Crippen LogP contribution in [0, 0.1) is 0 Å². The van der Waals surface area contributed by atoms with Crippen LogP contribution in [-0.2, 0) is 4.74 Å². The van der Waals surface area contributed by atoms with Crippen molar-refractivity contribution in [3.63, 3.8) is 0 Å². The minimum Gasteiger partial charge on any atom is -0.462 e. The molecule has 70 valence electrons. The quantitative estimate of drug-likeness (QED) is 0.632. The van der Waals surface area contributed by atoms with E-state index in [9.17, 15) is 9.59 Å². The summed E-state index contributed by atoms with van der Waals surface area (Å²) in [5.41, 5.74) is -0.433. The molecule has 1 rings (SSSR count). The first kappa shape index (κ1) is 9.98. The molecule has 0 saturated heterocycles. The molecule has 0 radical (unpaired) electrons. The van der Waals surface area contributed by atoms with Crippen LogP contribution in [-0.4, -0.2) is 17.6 Å². The predicted octanol–water partition coefficient (Wildman–Crippen LogP) is 1.31. The van der Waals surface area contributed by atoms with E-state index in [2.05, 4.69) is 25.7 Å². The van der Waals surface area contributed by atoms with Gasteiger partial charge in [0.25, 0.3) is 5.56 Å². The van der Waals surface area contributed by atoms with Crippen LogP contribution in [0.4, 0.5) is 0 Å². The fraction of sp³-hybridized carbons (Fsp3) is 0.250. The van der Waals surface area contributed by atoms with Crippen molar-refractivity contribution in [1.82, 2.24) is 4.98 Å². The summed E-state index contributed by atoms with van der Waals surface area (Å²) < 4.78 is 5.21. The van der Waals surface area contributed by atoms with Crippen LogP contribution >= 0.6 is 15.9 Å². The van der Waals surface area contributed by atoms with E-state index in [1.807, 2.05) is 0 Å². The average Bonchev–Trinajstić information content (AvgIpc) is 2.04. The van der Waals surface area contributed by atoms with E-state index in [0.717, 1.165) is 0 Å². The zero-order valence-corrected chi connectivity index (χ0v) is 8.55. The van der Waals surface area contributed by atoms with Crippen LogP contribution in [0.25, 0.3) is 0 Å². The number of H-pyrrole nitrogens is 1. The summed E-state index contributed by atoms with van der Waals surface area (Å²) in [6.45, 7) is 1.94. The van der Waals surface area contributed by atoms with Crippen LogP contribution in [0.15, 0.2) is 21.5 Å². The molecule has 0 aliphatic rings. The van der Waals surface area contributed by atoms with Crippen molar-refractivity contribution in [3.05, 3.63) is 32.7 Å². The highest BCUT2D eigenvalue weighted by Crippen LogP contribution is 2.03. The van der Waals surface area contributed by atoms with E-state index in [0.29, 0.717) is 4.60 Å². The molecule has 5 heteroatoms. The molecule has 0 aliphatic carbocycles. The minimum atomic E-state index is -0.601. The lowest BCUT2D eigenvalue weighted by atomic mass is 10.3.